The summed E-state index contributed by atoms with van der Waals surface area (Å²) in [6.07, 6.45) is 1.10. The van der Waals surface area contributed by atoms with E-state index in [1.165, 1.54) is 12.1 Å². The van der Waals surface area contributed by atoms with Crippen molar-refractivity contribution in [2.45, 2.75) is 0 Å². The highest BCUT2D eigenvalue weighted by molar-refractivity contribution is 9.10. The lowest BCUT2D eigenvalue weighted by atomic mass is 10.2. The van der Waals surface area contributed by atoms with Crippen molar-refractivity contribution in [1.29, 1.82) is 0 Å². The number of rotatable bonds is 4. The number of amides is 1. The number of carbonyl (C=O) groups is 1. The van der Waals surface area contributed by atoms with Crippen LogP contribution >= 0.6 is 15.9 Å². The molecule has 2 N–H and O–H groups in total. The van der Waals surface area contributed by atoms with Gasteiger partial charge in [-0.1, -0.05) is 22.0 Å². The maximum absolute atomic E-state index is 11.8. The molecule has 7 nitrogen and oxygen atoms in total. The molecule has 1 aromatic carbocycles. The number of carbonyl (C=O) groups excluding carboxylic acids is 1. The van der Waals surface area contributed by atoms with Gasteiger partial charge in [-0.25, -0.2) is 4.98 Å². The monoisotopic (exact) mass is 336 g/mol. The number of hydrogen-bond acceptors (Lipinski definition) is 5. The molecule has 20 heavy (non-hydrogen) atoms. The molecule has 102 valence electrons. The van der Waals surface area contributed by atoms with Crippen molar-refractivity contribution >= 4 is 33.3 Å². The van der Waals surface area contributed by atoms with Gasteiger partial charge in [0, 0.05) is 16.1 Å². The SMILES string of the molecule is O=C(NNc1ccc([N+](=O)[O-])cn1)c1cccc(Br)c1. The summed E-state index contributed by atoms with van der Waals surface area (Å²) < 4.78 is 0.790. The van der Waals surface area contributed by atoms with Crippen LogP contribution in [0.5, 0.6) is 0 Å². The molecule has 0 fully saturated rings. The smallest absolute Gasteiger partial charge is 0.282 e. The van der Waals surface area contributed by atoms with Crippen LogP contribution in [0.4, 0.5) is 11.5 Å². The predicted molar refractivity (Wildman–Crippen MR) is 76.1 cm³/mol. The molecule has 0 aliphatic heterocycles. The minimum Gasteiger partial charge on any atom is -0.282 e. The first-order valence-corrected chi connectivity index (χ1v) is 6.28. The third-order valence-electron chi connectivity index (χ3n) is 2.35. The largest absolute Gasteiger partial charge is 0.287 e. The summed E-state index contributed by atoms with van der Waals surface area (Å²) in [4.78, 5) is 25.5. The molecular formula is C12H9BrN4O3. The van der Waals surface area contributed by atoms with E-state index in [0.29, 0.717) is 11.4 Å². The van der Waals surface area contributed by atoms with Crippen molar-refractivity contribution < 1.29 is 9.72 Å². The molecule has 0 saturated carbocycles. The van der Waals surface area contributed by atoms with Crippen molar-refractivity contribution in [3.63, 3.8) is 0 Å². The number of hydrazine groups is 1. The highest BCUT2D eigenvalue weighted by atomic mass is 79.9. The van der Waals surface area contributed by atoms with Crippen LogP contribution in [0.1, 0.15) is 10.4 Å². The van der Waals surface area contributed by atoms with Crippen LogP contribution in [-0.2, 0) is 0 Å². The summed E-state index contributed by atoms with van der Waals surface area (Å²) >= 11 is 3.27. The Hall–Kier alpha value is -2.48. The van der Waals surface area contributed by atoms with Gasteiger partial charge in [0.15, 0.2) is 0 Å². The topological polar surface area (TPSA) is 97.2 Å². The van der Waals surface area contributed by atoms with E-state index in [-0.39, 0.29) is 11.6 Å². The van der Waals surface area contributed by atoms with Crippen molar-refractivity contribution in [2.24, 2.45) is 0 Å². The third kappa shape index (κ3) is 3.51. The fourth-order valence-electron chi connectivity index (χ4n) is 1.39. The Balaban J connectivity index is 1.98. The summed E-state index contributed by atoms with van der Waals surface area (Å²) in [5.74, 6) is -0.0367. The van der Waals surface area contributed by atoms with E-state index in [1.807, 2.05) is 6.07 Å². The first-order chi connectivity index (χ1) is 9.56. The summed E-state index contributed by atoms with van der Waals surface area (Å²) in [6.45, 7) is 0. The van der Waals surface area contributed by atoms with E-state index in [4.69, 9.17) is 0 Å². The van der Waals surface area contributed by atoms with Crippen LogP contribution in [0.15, 0.2) is 47.1 Å². The Morgan fingerprint density at radius 3 is 2.70 bits per heavy atom. The van der Waals surface area contributed by atoms with Crippen molar-refractivity contribution in [3.8, 4) is 0 Å². The Bertz CT molecular complexity index is 645. The fraction of sp³-hybridized carbons (Fsp3) is 0. The standard InChI is InChI=1S/C12H9BrN4O3/c13-9-3-1-2-8(6-9)12(18)16-15-11-5-4-10(7-14-11)17(19)20/h1-7H,(H,14,15)(H,16,18). The zero-order valence-electron chi connectivity index (χ0n) is 10.0. The number of pyridine rings is 1. The minimum atomic E-state index is -0.545. The summed E-state index contributed by atoms with van der Waals surface area (Å²) in [6, 6.07) is 9.57. The molecule has 0 atom stereocenters. The predicted octanol–water partition coefficient (Wildman–Crippen LogP) is 2.51. The third-order valence-corrected chi connectivity index (χ3v) is 2.84. The molecule has 1 aromatic heterocycles. The molecule has 8 heteroatoms. The first-order valence-electron chi connectivity index (χ1n) is 5.48. The van der Waals surface area contributed by atoms with E-state index >= 15 is 0 Å². The lowest BCUT2D eigenvalue weighted by molar-refractivity contribution is -0.385. The van der Waals surface area contributed by atoms with Gasteiger partial charge in [0.2, 0.25) is 0 Å². The average Bonchev–Trinajstić information content (AvgIpc) is 2.45. The van der Waals surface area contributed by atoms with E-state index in [9.17, 15) is 14.9 Å². The average molecular weight is 337 g/mol. The van der Waals surface area contributed by atoms with Crippen molar-refractivity contribution in [2.75, 3.05) is 5.43 Å². The number of nitro groups is 1. The number of nitrogens with zero attached hydrogens (tertiary/aromatic N) is 2. The Morgan fingerprint density at radius 1 is 1.30 bits per heavy atom. The second-order valence-corrected chi connectivity index (χ2v) is 4.66. The van der Waals surface area contributed by atoms with Crippen LogP contribution in [0.2, 0.25) is 0 Å². The highest BCUT2D eigenvalue weighted by Gasteiger charge is 2.07. The maximum Gasteiger partial charge on any atom is 0.287 e. The van der Waals surface area contributed by atoms with Gasteiger partial charge in [-0.15, -0.1) is 0 Å². The number of benzene rings is 1. The molecule has 1 amide bonds. The van der Waals surface area contributed by atoms with E-state index in [1.54, 1.807) is 18.2 Å². The zero-order valence-corrected chi connectivity index (χ0v) is 11.6. The van der Waals surface area contributed by atoms with Gasteiger partial charge in [-0.2, -0.15) is 0 Å². The van der Waals surface area contributed by atoms with Crippen LogP contribution in [-0.4, -0.2) is 15.8 Å². The van der Waals surface area contributed by atoms with Gasteiger partial charge in [-0.3, -0.25) is 25.8 Å². The maximum atomic E-state index is 11.8. The highest BCUT2D eigenvalue weighted by Crippen LogP contribution is 2.12. The fourth-order valence-corrected chi connectivity index (χ4v) is 1.79. The van der Waals surface area contributed by atoms with Gasteiger partial charge in [0.05, 0.1) is 4.92 Å². The van der Waals surface area contributed by atoms with Crippen LogP contribution in [0.3, 0.4) is 0 Å². The molecule has 0 radical (unpaired) electrons. The van der Waals surface area contributed by atoms with Crippen LogP contribution in [0.25, 0.3) is 0 Å². The molecule has 0 bridgehead atoms. The minimum absolute atomic E-state index is 0.117. The van der Waals surface area contributed by atoms with E-state index < -0.39 is 4.92 Å². The lowest BCUT2D eigenvalue weighted by Gasteiger charge is -2.07. The Kier molecular flexibility index (Phi) is 4.26. The number of anilines is 1. The lowest BCUT2D eigenvalue weighted by Crippen LogP contribution is -2.29. The number of aromatic nitrogens is 1. The van der Waals surface area contributed by atoms with Gasteiger partial charge in [0.1, 0.15) is 12.0 Å². The summed E-state index contributed by atoms with van der Waals surface area (Å²) in [5, 5.41) is 10.5. The first kappa shape index (κ1) is 13.9. The van der Waals surface area contributed by atoms with Crippen molar-refractivity contribution in [1.82, 2.24) is 10.4 Å². The van der Waals surface area contributed by atoms with Crippen LogP contribution < -0.4 is 10.9 Å². The van der Waals surface area contributed by atoms with E-state index in [2.05, 4.69) is 31.8 Å². The second kappa shape index (κ2) is 6.11. The normalized spacial score (nSPS) is 9.85. The summed E-state index contributed by atoms with van der Waals surface area (Å²) in [7, 11) is 0. The molecule has 2 rings (SSSR count). The zero-order chi connectivity index (χ0) is 14.5. The number of halogens is 1. The quantitative estimate of drug-likeness (QED) is 0.660. The number of hydrogen-bond donors (Lipinski definition) is 2. The Morgan fingerprint density at radius 2 is 2.10 bits per heavy atom. The molecule has 0 unspecified atom stereocenters. The molecule has 0 aliphatic carbocycles. The molecule has 0 spiro atoms. The molecular weight excluding hydrogens is 328 g/mol. The van der Waals surface area contributed by atoms with Crippen molar-refractivity contribution in [3.05, 3.63) is 62.7 Å². The Labute approximate surface area is 122 Å². The van der Waals surface area contributed by atoms with E-state index in [0.717, 1.165) is 10.7 Å². The van der Waals surface area contributed by atoms with Gasteiger partial charge >= 0.3 is 0 Å². The molecule has 1 heterocycles. The summed E-state index contributed by atoms with van der Waals surface area (Å²) in [5.41, 5.74) is 5.38. The molecule has 0 aliphatic rings. The molecule has 0 saturated heterocycles. The van der Waals surface area contributed by atoms with Gasteiger partial charge in [0.25, 0.3) is 11.6 Å². The van der Waals surface area contributed by atoms with Gasteiger partial charge < -0.3 is 0 Å². The van der Waals surface area contributed by atoms with Gasteiger partial charge in [-0.05, 0) is 24.3 Å². The van der Waals surface area contributed by atoms with Crippen LogP contribution in [0, 0.1) is 10.1 Å². The second-order valence-electron chi connectivity index (χ2n) is 3.75. The number of nitrogens with one attached hydrogen (secondary N) is 2. The molecule has 2 aromatic rings.